The van der Waals surface area contributed by atoms with Crippen molar-refractivity contribution < 1.29 is 9.50 Å². The van der Waals surface area contributed by atoms with Gasteiger partial charge in [-0.3, -0.25) is 0 Å². The topological polar surface area (TPSA) is 36.0 Å². The van der Waals surface area contributed by atoms with Crippen LogP contribution >= 0.6 is 23.4 Å². The Hall–Kier alpha value is -0.710. The van der Waals surface area contributed by atoms with Crippen molar-refractivity contribution in [3.63, 3.8) is 0 Å². The van der Waals surface area contributed by atoms with Gasteiger partial charge in [0, 0.05) is 22.3 Å². The van der Waals surface area contributed by atoms with Crippen molar-refractivity contribution in [2.45, 2.75) is 19.4 Å². The Labute approximate surface area is 115 Å². The molecule has 98 valence electrons. The second kappa shape index (κ2) is 5.11. The molecule has 0 aliphatic rings. The van der Waals surface area contributed by atoms with Crippen LogP contribution in [-0.4, -0.2) is 21.6 Å². The van der Waals surface area contributed by atoms with E-state index in [9.17, 15) is 9.50 Å². The molecule has 1 aromatic heterocycles. The second-order valence-electron chi connectivity index (χ2n) is 4.45. The van der Waals surface area contributed by atoms with E-state index in [0.29, 0.717) is 16.8 Å². The van der Waals surface area contributed by atoms with Crippen LogP contribution in [0.5, 0.6) is 0 Å². The van der Waals surface area contributed by atoms with Crippen molar-refractivity contribution in [3.05, 3.63) is 34.7 Å². The number of H-pyrrole nitrogens is 1. The van der Waals surface area contributed by atoms with E-state index in [4.69, 9.17) is 11.6 Å². The van der Waals surface area contributed by atoms with Crippen LogP contribution in [-0.2, 0) is 5.60 Å². The zero-order valence-electron chi connectivity index (χ0n) is 10.3. The largest absolute Gasteiger partial charge is 0.383 e. The minimum Gasteiger partial charge on any atom is -0.383 e. The van der Waals surface area contributed by atoms with Gasteiger partial charge in [0.15, 0.2) is 0 Å². The van der Waals surface area contributed by atoms with Crippen LogP contribution in [0, 0.1) is 5.82 Å². The number of aromatic nitrogens is 1. The molecule has 1 atom stereocenters. The average Bonchev–Trinajstić information content (AvgIpc) is 2.71. The summed E-state index contributed by atoms with van der Waals surface area (Å²) in [6.07, 6.45) is 0. The normalized spacial score (nSPS) is 14.9. The quantitative estimate of drug-likeness (QED) is 0.894. The van der Waals surface area contributed by atoms with Crippen molar-refractivity contribution in [3.8, 4) is 0 Å². The molecule has 1 heterocycles. The Balaban J connectivity index is 2.40. The first-order valence-corrected chi connectivity index (χ1v) is 7.25. The highest BCUT2D eigenvalue weighted by Crippen LogP contribution is 2.30. The van der Waals surface area contributed by atoms with E-state index in [1.165, 1.54) is 6.07 Å². The number of aromatic amines is 1. The molecule has 0 radical (unpaired) electrons. The van der Waals surface area contributed by atoms with Gasteiger partial charge in [-0.1, -0.05) is 18.5 Å². The van der Waals surface area contributed by atoms with E-state index in [2.05, 4.69) is 4.98 Å². The lowest BCUT2D eigenvalue weighted by Crippen LogP contribution is -2.24. The number of halogens is 2. The minimum atomic E-state index is -0.956. The van der Waals surface area contributed by atoms with Crippen molar-refractivity contribution in [1.29, 1.82) is 0 Å². The Bertz CT molecular complexity index is 528. The molecule has 0 aliphatic carbocycles. The Morgan fingerprint density at radius 3 is 2.83 bits per heavy atom. The maximum atomic E-state index is 13.3. The lowest BCUT2D eigenvalue weighted by molar-refractivity contribution is 0.0800. The molecule has 0 spiro atoms. The van der Waals surface area contributed by atoms with E-state index in [1.807, 2.05) is 6.92 Å². The molecule has 5 heteroatoms. The third kappa shape index (κ3) is 2.66. The summed E-state index contributed by atoms with van der Waals surface area (Å²) in [4.78, 5) is 3.10. The smallest absolute Gasteiger partial charge is 0.142 e. The highest BCUT2D eigenvalue weighted by atomic mass is 35.5. The van der Waals surface area contributed by atoms with Crippen LogP contribution in [0.3, 0.4) is 0 Å². The summed E-state index contributed by atoms with van der Waals surface area (Å²) in [5.74, 6) is 1.08. The van der Waals surface area contributed by atoms with Crippen LogP contribution in [0.2, 0.25) is 5.02 Å². The van der Waals surface area contributed by atoms with Crippen molar-refractivity contribution in [1.82, 2.24) is 4.98 Å². The van der Waals surface area contributed by atoms with Gasteiger partial charge in [0.1, 0.15) is 11.4 Å². The minimum absolute atomic E-state index is 0.0819. The fraction of sp³-hybridized carbons (Fsp3) is 0.385. The van der Waals surface area contributed by atoms with Gasteiger partial charge >= 0.3 is 0 Å². The molecule has 2 aromatic rings. The van der Waals surface area contributed by atoms with Gasteiger partial charge in [-0.25, -0.2) is 4.39 Å². The van der Waals surface area contributed by atoms with Gasteiger partial charge in [0.25, 0.3) is 0 Å². The summed E-state index contributed by atoms with van der Waals surface area (Å²) in [5, 5.41) is 11.2. The van der Waals surface area contributed by atoms with Crippen molar-refractivity contribution in [2.75, 3.05) is 11.5 Å². The molecule has 0 unspecified atom stereocenters. The highest BCUT2D eigenvalue weighted by molar-refractivity contribution is 7.99. The molecule has 2 rings (SSSR count). The summed E-state index contributed by atoms with van der Waals surface area (Å²) in [7, 11) is 0. The molecular weight excluding hydrogens is 273 g/mol. The van der Waals surface area contributed by atoms with Crippen LogP contribution < -0.4 is 0 Å². The molecule has 0 bridgehead atoms. The molecule has 0 saturated heterocycles. The van der Waals surface area contributed by atoms with Gasteiger partial charge in [0.05, 0.1) is 5.02 Å². The number of hydrogen-bond donors (Lipinski definition) is 2. The van der Waals surface area contributed by atoms with Crippen LogP contribution in [0.4, 0.5) is 4.39 Å². The van der Waals surface area contributed by atoms with E-state index in [-0.39, 0.29) is 5.02 Å². The Kier molecular flexibility index (Phi) is 3.90. The maximum absolute atomic E-state index is 13.3. The summed E-state index contributed by atoms with van der Waals surface area (Å²) in [6, 6.07) is 4.68. The first kappa shape index (κ1) is 13.7. The fourth-order valence-corrected chi connectivity index (χ4v) is 2.72. The molecule has 0 saturated carbocycles. The first-order chi connectivity index (χ1) is 8.44. The third-order valence-electron chi connectivity index (χ3n) is 2.83. The zero-order chi connectivity index (χ0) is 13.3. The Morgan fingerprint density at radius 1 is 1.44 bits per heavy atom. The first-order valence-electron chi connectivity index (χ1n) is 5.72. The number of benzene rings is 1. The molecule has 2 N–H and O–H groups in total. The number of hydrogen-bond acceptors (Lipinski definition) is 2. The standard InChI is InChI=1S/C13H15ClFNOS/c1-3-18-7-13(2,17)12-5-8-4-10(15)9(14)6-11(8)16-12/h4-6,16-17H,3,7H2,1-2H3/t13-/m0/s1. The second-order valence-corrected chi connectivity index (χ2v) is 6.13. The van der Waals surface area contributed by atoms with Gasteiger partial charge in [0.2, 0.25) is 0 Å². The number of thioether (sulfide) groups is 1. The highest BCUT2D eigenvalue weighted by Gasteiger charge is 2.25. The SMILES string of the molecule is CCSC[C@](C)(O)c1cc2cc(F)c(Cl)cc2[nH]1. The number of fused-ring (bicyclic) bond motifs is 1. The molecular formula is C13H15ClFNOS. The average molecular weight is 288 g/mol. The summed E-state index contributed by atoms with van der Waals surface area (Å²) in [5.41, 5.74) is 0.459. The lowest BCUT2D eigenvalue weighted by atomic mass is 10.1. The predicted octanol–water partition coefficient (Wildman–Crippen LogP) is 3.92. The van der Waals surface area contributed by atoms with Gasteiger partial charge < -0.3 is 10.1 Å². The number of aliphatic hydroxyl groups is 1. The van der Waals surface area contributed by atoms with E-state index >= 15 is 0 Å². The van der Waals surface area contributed by atoms with E-state index in [0.717, 1.165) is 11.3 Å². The maximum Gasteiger partial charge on any atom is 0.142 e. The predicted molar refractivity (Wildman–Crippen MR) is 75.8 cm³/mol. The van der Waals surface area contributed by atoms with Crippen LogP contribution in [0.1, 0.15) is 19.5 Å². The number of nitrogens with one attached hydrogen (secondary N) is 1. The molecule has 2 nitrogen and oxygen atoms in total. The molecule has 0 amide bonds. The zero-order valence-corrected chi connectivity index (χ0v) is 11.8. The molecule has 0 fully saturated rings. The lowest BCUT2D eigenvalue weighted by Gasteiger charge is -2.21. The fourth-order valence-electron chi connectivity index (χ4n) is 1.80. The van der Waals surface area contributed by atoms with Crippen molar-refractivity contribution >= 4 is 34.3 Å². The summed E-state index contributed by atoms with van der Waals surface area (Å²) in [6.45, 7) is 3.79. The van der Waals surface area contributed by atoms with Crippen molar-refractivity contribution in [2.24, 2.45) is 0 Å². The van der Waals surface area contributed by atoms with Gasteiger partial charge in [-0.15, -0.1) is 0 Å². The summed E-state index contributed by atoms with van der Waals surface area (Å²) < 4.78 is 13.3. The Morgan fingerprint density at radius 2 is 2.17 bits per heavy atom. The molecule has 18 heavy (non-hydrogen) atoms. The van der Waals surface area contributed by atoms with E-state index < -0.39 is 11.4 Å². The summed E-state index contributed by atoms with van der Waals surface area (Å²) >= 11 is 7.39. The van der Waals surface area contributed by atoms with Gasteiger partial charge in [-0.2, -0.15) is 11.8 Å². The molecule has 0 aliphatic heterocycles. The molecule has 1 aromatic carbocycles. The van der Waals surface area contributed by atoms with Gasteiger partial charge in [-0.05, 0) is 30.9 Å². The monoisotopic (exact) mass is 287 g/mol. The number of rotatable bonds is 4. The van der Waals surface area contributed by atoms with Crippen LogP contribution in [0.15, 0.2) is 18.2 Å². The van der Waals surface area contributed by atoms with E-state index in [1.54, 1.807) is 30.8 Å². The van der Waals surface area contributed by atoms with Crippen LogP contribution in [0.25, 0.3) is 10.9 Å². The third-order valence-corrected chi connectivity index (χ3v) is 4.29.